The minimum atomic E-state index is -1.24. The summed E-state index contributed by atoms with van der Waals surface area (Å²) in [6.07, 6.45) is 5.94. The molecule has 1 unspecified atom stereocenters. The maximum atomic E-state index is 14.4. The third-order valence-corrected chi connectivity index (χ3v) is 6.86. The second-order valence-electron chi connectivity index (χ2n) is 9.13. The maximum Gasteiger partial charge on any atom is 0.243 e. The number of aromatic nitrogens is 1. The molecule has 1 aromatic carbocycles. The van der Waals surface area contributed by atoms with Gasteiger partial charge in [0.2, 0.25) is 11.8 Å². The molecule has 3 aliphatic rings. The van der Waals surface area contributed by atoms with Gasteiger partial charge in [-0.15, -0.1) is 0 Å². The van der Waals surface area contributed by atoms with Gasteiger partial charge in [-0.3, -0.25) is 14.6 Å². The number of pyridine rings is 1. The molecule has 178 valence electrons. The molecule has 1 saturated heterocycles. The normalized spacial score (nSPS) is 22.9. The summed E-state index contributed by atoms with van der Waals surface area (Å²) in [6, 6.07) is 12.3. The molecule has 2 aromatic rings. The van der Waals surface area contributed by atoms with Crippen LogP contribution in [0, 0.1) is 0 Å². The molecular weight excluding hydrogens is 435 g/mol. The average Bonchev–Trinajstić information content (AvgIpc) is 3.47. The van der Waals surface area contributed by atoms with Gasteiger partial charge in [0.15, 0.2) is 0 Å². The highest BCUT2D eigenvalue weighted by molar-refractivity contribution is 5.89. The number of amides is 2. The van der Waals surface area contributed by atoms with Gasteiger partial charge in [0.05, 0.1) is 30.4 Å². The van der Waals surface area contributed by atoms with Crippen LogP contribution in [0.1, 0.15) is 60.9 Å². The zero-order valence-corrected chi connectivity index (χ0v) is 18.8. The van der Waals surface area contributed by atoms with Gasteiger partial charge in [-0.05, 0) is 36.0 Å². The van der Waals surface area contributed by atoms with Crippen LogP contribution in [-0.2, 0) is 9.59 Å². The number of alkyl halides is 1. The fraction of sp³-hybridized carbons (Fsp3) is 0.400. The third-order valence-electron chi connectivity index (χ3n) is 6.86. The molecule has 3 atom stereocenters. The number of nitrogens with zero attached hydrogens (tertiary/aromatic N) is 2. The Hall–Kier alpha value is -3.46. The van der Waals surface area contributed by atoms with Crippen LogP contribution in [0.25, 0.3) is 0 Å². The SMILES string of the molecule is O=C(NC(c1ccccc1)c1ccc(C2CCC2)cn1)[C@@H]1C[C@@H](F)CN1C(=O)CC1=CNNN1. The van der Waals surface area contributed by atoms with Gasteiger partial charge in [0, 0.05) is 18.8 Å². The van der Waals surface area contributed by atoms with Crippen molar-refractivity contribution in [2.24, 2.45) is 0 Å². The fourth-order valence-corrected chi connectivity index (χ4v) is 4.73. The van der Waals surface area contributed by atoms with Gasteiger partial charge in [-0.25, -0.2) is 4.39 Å². The van der Waals surface area contributed by atoms with Crippen LogP contribution in [0.15, 0.2) is 60.6 Å². The van der Waals surface area contributed by atoms with Crippen LogP contribution < -0.4 is 21.7 Å². The van der Waals surface area contributed by atoms with Crippen LogP contribution in [0.5, 0.6) is 0 Å². The molecule has 1 aromatic heterocycles. The number of carbonyl (C=O) groups is 2. The van der Waals surface area contributed by atoms with E-state index >= 15 is 0 Å². The van der Waals surface area contributed by atoms with E-state index < -0.39 is 18.3 Å². The Morgan fingerprint density at radius 3 is 2.65 bits per heavy atom. The van der Waals surface area contributed by atoms with Crippen molar-refractivity contribution in [3.8, 4) is 0 Å². The molecular formula is C25H29FN6O2. The molecule has 8 nitrogen and oxygen atoms in total. The van der Waals surface area contributed by atoms with Crippen molar-refractivity contribution in [1.29, 1.82) is 0 Å². The molecule has 2 aliphatic heterocycles. The Morgan fingerprint density at radius 1 is 1.18 bits per heavy atom. The predicted octanol–water partition coefficient (Wildman–Crippen LogP) is 2.34. The topological polar surface area (TPSA) is 98.4 Å². The molecule has 0 bridgehead atoms. The lowest BCUT2D eigenvalue weighted by Crippen LogP contribution is -2.47. The van der Waals surface area contributed by atoms with Gasteiger partial charge in [-0.2, -0.15) is 5.53 Å². The van der Waals surface area contributed by atoms with E-state index in [1.165, 1.54) is 29.7 Å². The first-order valence-electron chi connectivity index (χ1n) is 11.8. The van der Waals surface area contributed by atoms with E-state index in [9.17, 15) is 14.0 Å². The summed E-state index contributed by atoms with van der Waals surface area (Å²) < 4.78 is 14.4. The number of carbonyl (C=O) groups excluding carboxylic acids is 2. The Morgan fingerprint density at radius 2 is 2.00 bits per heavy atom. The van der Waals surface area contributed by atoms with E-state index in [2.05, 4.69) is 32.8 Å². The number of likely N-dealkylation sites (tertiary alicyclic amines) is 1. The minimum absolute atomic E-state index is 0.0178. The summed E-state index contributed by atoms with van der Waals surface area (Å²) in [5.41, 5.74) is 11.7. The highest BCUT2D eigenvalue weighted by Crippen LogP contribution is 2.36. The first kappa shape index (κ1) is 22.3. The number of nitrogens with one attached hydrogen (secondary N) is 4. The lowest BCUT2D eigenvalue weighted by molar-refractivity contribution is -0.138. The Labute approximate surface area is 197 Å². The molecule has 5 rings (SSSR count). The molecule has 1 saturated carbocycles. The first-order chi connectivity index (χ1) is 16.6. The van der Waals surface area contributed by atoms with Crippen molar-refractivity contribution in [2.45, 2.75) is 56.3 Å². The summed E-state index contributed by atoms with van der Waals surface area (Å²) in [6.45, 7) is -0.0879. The molecule has 2 fully saturated rings. The van der Waals surface area contributed by atoms with Crippen molar-refractivity contribution in [2.75, 3.05) is 6.54 Å². The van der Waals surface area contributed by atoms with Crippen LogP contribution >= 0.6 is 0 Å². The van der Waals surface area contributed by atoms with Gasteiger partial charge < -0.3 is 21.1 Å². The highest BCUT2D eigenvalue weighted by atomic mass is 19.1. The molecule has 4 N–H and O–H groups in total. The summed E-state index contributed by atoms with van der Waals surface area (Å²) in [5, 5.41) is 3.05. The van der Waals surface area contributed by atoms with Crippen LogP contribution in [0.2, 0.25) is 0 Å². The minimum Gasteiger partial charge on any atom is -0.342 e. The van der Waals surface area contributed by atoms with E-state index in [0.29, 0.717) is 17.3 Å². The van der Waals surface area contributed by atoms with E-state index in [0.717, 1.165) is 5.56 Å². The zero-order valence-electron chi connectivity index (χ0n) is 18.8. The number of rotatable bonds is 7. The van der Waals surface area contributed by atoms with E-state index in [1.807, 2.05) is 42.6 Å². The van der Waals surface area contributed by atoms with Crippen LogP contribution in [0.4, 0.5) is 4.39 Å². The Balaban J connectivity index is 1.34. The molecule has 3 heterocycles. The molecule has 1 aliphatic carbocycles. The zero-order chi connectivity index (χ0) is 23.5. The number of hydrazine groups is 2. The standard InChI is InChI=1S/C25H29FN6O2/c26-19-11-22(32(15-19)23(33)12-20-14-28-31-30-20)25(34)29-24(17-5-2-1-3-6-17)21-10-9-18(13-27-21)16-7-4-8-16/h1-3,5-6,9-10,13-14,16,19,22,24,28,30-31H,4,7-8,11-12,15H2,(H,29,34)/t19-,22+,24?/m1/s1. The molecule has 0 spiro atoms. The monoisotopic (exact) mass is 464 g/mol. The second-order valence-corrected chi connectivity index (χ2v) is 9.13. The Bertz CT molecular complexity index is 1060. The average molecular weight is 465 g/mol. The van der Waals surface area contributed by atoms with Crippen molar-refractivity contribution < 1.29 is 14.0 Å². The van der Waals surface area contributed by atoms with E-state index in [1.54, 1.807) is 6.20 Å². The Kier molecular flexibility index (Phi) is 6.44. The molecule has 0 radical (unpaired) electrons. The maximum absolute atomic E-state index is 14.4. The van der Waals surface area contributed by atoms with Crippen LogP contribution in [-0.4, -0.2) is 40.5 Å². The number of hydrogen-bond acceptors (Lipinski definition) is 6. The van der Waals surface area contributed by atoms with E-state index in [4.69, 9.17) is 0 Å². The summed E-state index contributed by atoms with van der Waals surface area (Å²) in [5.74, 6) is -0.110. The van der Waals surface area contributed by atoms with Crippen molar-refractivity contribution in [3.05, 3.63) is 77.4 Å². The van der Waals surface area contributed by atoms with E-state index in [-0.39, 0.29) is 31.2 Å². The van der Waals surface area contributed by atoms with Gasteiger partial charge in [-0.1, -0.05) is 42.8 Å². The third kappa shape index (κ3) is 4.75. The quantitative estimate of drug-likeness (QED) is 0.502. The van der Waals surface area contributed by atoms with Gasteiger partial charge in [0.25, 0.3) is 0 Å². The van der Waals surface area contributed by atoms with Gasteiger partial charge in [0.1, 0.15) is 12.2 Å². The fourth-order valence-electron chi connectivity index (χ4n) is 4.73. The van der Waals surface area contributed by atoms with Crippen LogP contribution in [0.3, 0.4) is 0 Å². The molecule has 2 amide bonds. The molecule has 9 heteroatoms. The largest absolute Gasteiger partial charge is 0.342 e. The summed E-state index contributed by atoms with van der Waals surface area (Å²) >= 11 is 0. The number of halogens is 1. The number of hydrogen-bond donors (Lipinski definition) is 4. The predicted molar refractivity (Wildman–Crippen MR) is 124 cm³/mol. The van der Waals surface area contributed by atoms with Crippen molar-refractivity contribution in [3.63, 3.8) is 0 Å². The second kappa shape index (κ2) is 9.80. The van der Waals surface area contributed by atoms with Crippen molar-refractivity contribution >= 4 is 11.8 Å². The summed E-state index contributed by atoms with van der Waals surface area (Å²) in [4.78, 5) is 32.2. The summed E-state index contributed by atoms with van der Waals surface area (Å²) in [7, 11) is 0. The molecule has 34 heavy (non-hydrogen) atoms. The number of benzene rings is 1. The lowest BCUT2D eigenvalue weighted by Gasteiger charge is -2.28. The van der Waals surface area contributed by atoms with Gasteiger partial charge >= 0.3 is 0 Å². The lowest BCUT2D eigenvalue weighted by atomic mass is 9.80. The first-order valence-corrected chi connectivity index (χ1v) is 11.8. The smallest absolute Gasteiger partial charge is 0.243 e. The van der Waals surface area contributed by atoms with Crippen molar-refractivity contribution in [1.82, 2.24) is 31.6 Å². The highest BCUT2D eigenvalue weighted by Gasteiger charge is 2.40.